The summed E-state index contributed by atoms with van der Waals surface area (Å²) in [6.07, 6.45) is -0.783. The SMILES string of the molecule is [2H]B(P)S.[3H]OCC1OC(C)C(C)C(O)C1C. The highest BCUT2D eigenvalue weighted by Gasteiger charge is 2.37. The Hall–Kier alpha value is 0.725. The highest BCUT2D eigenvalue weighted by atomic mass is 32.1. The Morgan fingerprint density at radius 2 is 2.13 bits per heavy atom. The normalized spacial score (nSPS) is 42.1. The van der Waals surface area contributed by atoms with Crippen molar-refractivity contribution in [2.45, 2.75) is 39.1 Å². The summed E-state index contributed by atoms with van der Waals surface area (Å²) < 4.78 is 18.7. The zero-order chi connectivity index (χ0) is 13.6. The second kappa shape index (κ2) is 7.91. The Labute approximate surface area is 104 Å². The Morgan fingerprint density at radius 1 is 1.60 bits per heavy atom. The van der Waals surface area contributed by atoms with Gasteiger partial charge in [-0.25, -0.2) is 12.5 Å². The minimum Gasteiger partial charge on any atom is -0.394 e. The summed E-state index contributed by atoms with van der Waals surface area (Å²) in [5, 5.41) is 14.1. The molecule has 0 amide bonds. The van der Waals surface area contributed by atoms with Crippen LogP contribution in [0.4, 0.5) is 0 Å². The summed E-state index contributed by atoms with van der Waals surface area (Å²) in [4.78, 5) is 0. The predicted octanol–water partition coefficient (Wildman–Crippen LogP) is 0.457. The number of hydrogen-bond acceptors (Lipinski definition) is 4. The number of aliphatic hydroxyl groups excluding tert-OH is 2. The third kappa shape index (κ3) is 4.62. The Balaban J connectivity index is 0.000000557. The molecule has 15 heavy (non-hydrogen) atoms. The van der Waals surface area contributed by atoms with Gasteiger partial charge in [-0.3, -0.25) is 0 Å². The second-order valence-corrected chi connectivity index (χ2v) is 5.10. The summed E-state index contributed by atoms with van der Waals surface area (Å²) in [7, 11) is 2.19. The van der Waals surface area contributed by atoms with Crippen LogP contribution < -0.4 is 0 Å². The van der Waals surface area contributed by atoms with Crippen LogP contribution in [0.2, 0.25) is 0 Å². The molecular weight excluding hydrogens is 230 g/mol. The second-order valence-electron chi connectivity index (χ2n) is 3.90. The van der Waals surface area contributed by atoms with Crippen molar-refractivity contribution in [3.8, 4) is 0 Å². The molecule has 0 aromatic heterocycles. The van der Waals surface area contributed by atoms with Gasteiger partial charge in [0.1, 0.15) is 0 Å². The molecule has 0 aliphatic carbocycles. The van der Waals surface area contributed by atoms with Crippen LogP contribution in [0.15, 0.2) is 0 Å². The maximum absolute atomic E-state index is 9.82. The van der Waals surface area contributed by atoms with E-state index in [0.717, 1.165) is 0 Å². The van der Waals surface area contributed by atoms with Crippen LogP contribution in [0.25, 0.3) is 0 Å². The first-order valence-electron chi connectivity index (χ1n) is 6.07. The molecular formula is C9H22BO3PS. The molecule has 0 aromatic rings. The van der Waals surface area contributed by atoms with Gasteiger partial charge in [-0.05, 0) is 8.26 Å². The summed E-state index contributed by atoms with van der Waals surface area (Å²) in [5.41, 5.74) is 0. The Morgan fingerprint density at radius 3 is 2.60 bits per heavy atom. The minimum atomic E-state index is -0.358. The molecule has 1 aliphatic rings. The number of hydrogen-bond donors (Lipinski definition) is 3. The first-order chi connectivity index (χ1) is 7.81. The van der Waals surface area contributed by atoms with E-state index in [-0.39, 0.29) is 43.0 Å². The summed E-state index contributed by atoms with van der Waals surface area (Å²) >= 11 is 3.60. The van der Waals surface area contributed by atoms with Crippen LogP contribution in [-0.2, 0) is 4.74 Å². The van der Waals surface area contributed by atoms with Gasteiger partial charge >= 0.3 is 0 Å². The average molecular weight is 255 g/mol. The lowest BCUT2D eigenvalue weighted by atomic mass is 9.83. The van der Waals surface area contributed by atoms with E-state index in [4.69, 9.17) is 7.50 Å². The first-order valence-corrected chi connectivity index (χ1v) is 6.27. The van der Waals surface area contributed by atoms with Crippen molar-refractivity contribution >= 4 is 27.8 Å². The molecule has 1 heterocycles. The van der Waals surface area contributed by atoms with Crippen LogP contribution in [0.5, 0.6) is 0 Å². The fourth-order valence-electron chi connectivity index (χ4n) is 1.69. The number of ether oxygens (including phenoxy) is 1. The number of thiol groups is 1. The summed E-state index contributed by atoms with van der Waals surface area (Å²) in [6.45, 7) is 6.08. The fourth-order valence-corrected chi connectivity index (χ4v) is 1.69. The van der Waals surface area contributed by atoms with Crippen LogP contribution >= 0.6 is 21.6 Å². The number of aliphatic hydroxyl groups is 2. The molecule has 1 fully saturated rings. The Bertz CT molecular complexity index is 214. The molecule has 0 spiro atoms. The van der Waals surface area contributed by atoms with E-state index in [9.17, 15) is 5.11 Å². The van der Waals surface area contributed by atoms with E-state index in [1.807, 2.05) is 20.8 Å². The van der Waals surface area contributed by atoms with Crippen LogP contribution in [0.1, 0.15) is 20.8 Å². The molecule has 0 bridgehead atoms. The van der Waals surface area contributed by atoms with Crippen molar-refractivity contribution in [1.82, 2.24) is 0 Å². The smallest absolute Gasteiger partial charge is 0.210 e. The zero-order valence-corrected chi connectivity index (χ0v) is 11.5. The zero-order valence-electron chi connectivity index (χ0n) is 11.5. The third-order valence-corrected chi connectivity index (χ3v) is 2.96. The Kier molecular flexibility index (Phi) is 6.43. The van der Waals surface area contributed by atoms with Gasteiger partial charge in [0.05, 0.1) is 24.9 Å². The monoisotopic (exact) mass is 255 g/mol. The molecule has 2 N–H and O–H groups in total. The first kappa shape index (κ1) is 12.2. The largest absolute Gasteiger partial charge is 0.394 e. The lowest BCUT2D eigenvalue weighted by Gasteiger charge is -2.40. The topological polar surface area (TPSA) is 49.7 Å². The van der Waals surface area contributed by atoms with Gasteiger partial charge in [0.15, 0.2) is 0 Å². The molecule has 6 heteroatoms. The van der Waals surface area contributed by atoms with Crippen molar-refractivity contribution in [2.24, 2.45) is 11.8 Å². The summed E-state index contributed by atoms with van der Waals surface area (Å²) in [5.74, 6) is 0.188. The molecule has 6 unspecified atom stereocenters. The van der Waals surface area contributed by atoms with Crippen molar-refractivity contribution in [1.29, 1.82) is 2.77 Å². The molecule has 3 nitrogen and oxygen atoms in total. The van der Waals surface area contributed by atoms with Gasteiger partial charge in [0, 0.05) is 11.8 Å². The highest BCUT2D eigenvalue weighted by Crippen LogP contribution is 2.29. The van der Waals surface area contributed by atoms with E-state index in [1.165, 1.54) is 0 Å². The maximum atomic E-state index is 9.82. The quantitative estimate of drug-likeness (QED) is 0.381. The van der Waals surface area contributed by atoms with E-state index in [0.29, 0.717) is 0 Å². The molecule has 1 aliphatic heterocycles. The molecule has 1 rings (SSSR count). The lowest BCUT2D eigenvalue weighted by molar-refractivity contribution is -0.168. The van der Waals surface area contributed by atoms with Gasteiger partial charge in [-0.2, -0.15) is 9.12 Å². The molecule has 0 aromatic carbocycles. The molecule has 1 saturated heterocycles. The van der Waals surface area contributed by atoms with Gasteiger partial charge < -0.3 is 15.0 Å². The predicted molar refractivity (Wildman–Crippen MR) is 71.6 cm³/mol. The van der Waals surface area contributed by atoms with Crippen LogP contribution in [0.3, 0.4) is 0 Å². The van der Waals surface area contributed by atoms with Gasteiger partial charge in [-0.1, -0.05) is 13.8 Å². The van der Waals surface area contributed by atoms with E-state index < -0.39 is 0 Å². The molecule has 90 valence electrons. The average Bonchev–Trinajstić information content (AvgIpc) is 2.22. The molecule has 0 radical (unpaired) electrons. The van der Waals surface area contributed by atoms with Gasteiger partial charge in [-0.15, -0.1) is 0 Å². The van der Waals surface area contributed by atoms with Crippen molar-refractivity contribution < 1.29 is 15.0 Å². The fraction of sp³-hybridized carbons (Fsp3) is 1.00. The van der Waals surface area contributed by atoms with E-state index in [1.54, 1.807) is 0 Å². The highest BCUT2D eigenvalue weighted by molar-refractivity contribution is 8.20. The van der Waals surface area contributed by atoms with Gasteiger partial charge in [0.2, 0.25) is 7.67 Å². The van der Waals surface area contributed by atoms with E-state index >= 15 is 0 Å². The third-order valence-electron chi connectivity index (χ3n) is 2.96. The van der Waals surface area contributed by atoms with Crippen molar-refractivity contribution in [3.63, 3.8) is 0 Å². The van der Waals surface area contributed by atoms with Crippen LogP contribution in [-0.4, -0.2) is 44.1 Å². The molecule has 0 saturated carbocycles. The maximum Gasteiger partial charge on any atom is 0.210 e. The van der Waals surface area contributed by atoms with Crippen LogP contribution in [0, 0.1) is 11.8 Å². The number of rotatable bonds is 2. The van der Waals surface area contributed by atoms with Gasteiger partial charge in [0.25, 0.3) is 0 Å². The molecule has 6 atom stereocenters. The van der Waals surface area contributed by atoms with Crippen molar-refractivity contribution in [2.75, 3.05) is 6.61 Å². The lowest BCUT2D eigenvalue weighted by Crippen LogP contribution is -2.49. The standard InChI is InChI=1S/C9H18O3.BH4PS/c1-5-7(3)12-8(4-10)6(2)9(5)11;2-1-3/h5-11H,4H2,1-3H3;1,3H,2H2/i10T;1D. The summed E-state index contributed by atoms with van der Waals surface area (Å²) in [6, 6.07) is 0. The van der Waals surface area contributed by atoms with E-state index in [2.05, 4.69) is 26.7 Å². The minimum absolute atomic E-state index is 0.0337. The van der Waals surface area contributed by atoms with Crippen molar-refractivity contribution in [3.05, 3.63) is 0 Å².